The maximum atomic E-state index is 13.3. The van der Waals surface area contributed by atoms with Gasteiger partial charge in [0.15, 0.2) is 0 Å². The second-order valence-electron chi connectivity index (χ2n) is 7.61. The van der Waals surface area contributed by atoms with Crippen LogP contribution in [-0.4, -0.2) is 25.7 Å². The third-order valence-corrected chi connectivity index (χ3v) is 5.37. The molecule has 1 amide bonds. The summed E-state index contributed by atoms with van der Waals surface area (Å²) < 4.78 is 7.73. The zero-order valence-corrected chi connectivity index (χ0v) is 18.0. The summed E-state index contributed by atoms with van der Waals surface area (Å²) in [7, 11) is 0. The number of hydrogen-bond donors (Lipinski definition) is 2. The molecule has 2 aromatic carbocycles. The monoisotopic (exact) mass is 438 g/mol. The number of allylic oxidation sites excluding steroid dienone is 1. The van der Waals surface area contributed by atoms with Gasteiger partial charge in [0.2, 0.25) is 5.95 Å². The molecule has 3 heterocycles. The highest BCUT2D eigenvalue weighted by atomic mass is 16.5. The molecule has 0 bridgehead atoms. The van der Waals surface area contributed by atoms with Gasteiger partial charge in [-0.1, -0.05) is 48.5 Å². The largest absolute Gasteiger partial charge is 0.489 e. The number of carbonyl (C=O) groups is 1. The molecule has 0 saturated heterocycles. The Kier molecular flexibility index (Phi) is 5.55. The van der Waals surface area contributed by atoms with E-state index < -0.39 is 6.04 Å². The summed E-state index contributed by atoms with van der Waals surface area (Å²) in [6.07, 6.45) is 3.11. The van der Waals surface area contributed by atoms with Crippen LogP contribution in [0.25, 0.3) is 0 Å². The number of hydrogen-bond acceptors (Lipinski definition) is 6. The first-order valence-corrected chi connectivity index (χ1v) is 10.6. The fraction of sp³-hybridized carbons (Fsp3) is 0.120. The third-order valence-electron chi connectivity index (χ3n) is 5.37. The molecule has 2 N–H and O–H groups in total. The van der Waals surface area contributed by atoms with Gasteiger partial charge < -0.3 is 15.4 Å². The second-order valence-corrected chi connectivity index (χ2v) is 7.61. The maximum Gasteiger partial charge on any atom is 0.257 e. The number of rotatable bonds is 6. The number of benzene rings is 2. The molecule has 4 aromatic rings. The third kappa shape index (κ3) is 4.31. The van der Waals surface area contributed by atoms with Gasteiger partial charge in [0, 0.05) is 11.9 Å². The van der Waals surface area contributed by atoms with Gasteiger partial charge in [0.25, 0.3) is 5.91 Å². The van der Waals surface area contributed by atoms with Crippen molar-refractivity contribution in [3.63, 3.8) is 0 Å². The van der Waals surface area contributed by atoms with Crippen molar-refractivity contribution in [2.24, 2.45) is 0 Å². The zero-order valence-electron chi connectivity index (χ0n) is 18.0. The second kappa shape index (κ2) is 8.96. The molecule has 0 spiro atoms. The molecule has 8 heteroatoms. The molecule has 2 aromatic heterocycles. The molecule has 0 aliphatic carbocycles. The Hall–Kier alpha value is -4.46. The Morgan fingerprint density at radius 3 is 2.73 bits per heavy atom. The van der Waals surface area contributed by atoms with Gasteiger partial charge in [0.05, 0.1) is 5.57 Å². The molecule has 164 valence electrons. The normalized spacial score (nSPS) is 14.9. The minimum atomic E-state index is -0.479. The molecule has 5 rings (SSSR count). The Labute approximate surface area is 191 Å². The van der Waals surface area contributed by atoms with Gasteiger partial charge in [-0.25, -0.2) is 9.67 Å². The van der Waals surface area contributed by atoms with E-state index in [1.165, 1.54) is 6.33 Å². The van der Waals surface area contributed by atoms with E-state index in [1.54, 1.807) is 23.0 Å². The minimum Gasteiger partial charge on any atom is -0.489 e. The van der Waals surface area contributed by atoms with Gasteiger partial charge >= 0.3 is 0 Å². The van der Waals surface area contributed by atoms with Crippen LogP contribution in [0.2, 0.25) is 0 Å². The molecule has 0 saturated carbocycles. The molecule has 0 fully saturated rings. The molecule has 1 aliphatic rings. The average Bonchev–Trinajstić information content (AvgIpc) is 3.31. The van der Waals surface area contributed by atoms with E-state index in [0.29, 0.717) is 35.4 Å². The summed E-state index contributed by atoms with van der Waals surface area (Å²) in [5.41, 5.74) is 3.16. The van der Waals surface area contributed by atoms with E-state index >= 15 is 0 Å². The number of pyridine rings is 1. The van der Waals surface area contributed by atoms with Crippen molar-refractivity contribution in [3.8, 4) is 5.75 Å². The predicted molar refractivity (Wildman–Crippen MR) is 125 cm³/mol. The van der Waals surface area contributed by atoms with Crippen LogP contribution in [0.3, 0.4) is 0 Å². The van der Waals surface area contributed by atoms with Crippen molar-refractivity contribution in [2.45, 2.75) is 19.6 Å². The van der Waals surface area contributed by atoms with Crippen LogP contribution >= 0.6 is 0 Å². The standard InChI is InChI=1S/C25H22N6O2/c1-17-22(24(32)30-21-12-5-6-13-26-21)23(31-25(29-17)27-16-28-31)19-10-7-11-20(14-19)33-15-18-8-3-2-4-9-18/h2-14,16,23H,15H2,1H3,(H,26,30,32)(H,27,28,29). The highest BCUT2D eigenvalue weighted by Crippen LogP contribution is 2.36. The van der Waals surface area contributed by atoms with Crippen LogP contribution < -0.4 is 15.4 Å². The number of anilines is 2. The highest BCUT2D eigenvalue weighted by Gasteiger charge is 2.33. The highest BCUT2D eigenvalue weighted by molar-refractivity contribution is 6.05. The van der Waals surface area contributed by atoms with E-state index in [0.717, 1.165) is 11.1 Å². The van der Waals surface area contributed by atoms with Gasteiger partial charge in [0.1, 0.15) is 30.5 Å². The summed E-state index contributed by atoms with van der Waals surface area (Å²) in [5.74, 6) is 1.49. The maximum absolute atomic E-state index is 13.3. The Morgan fingerprint density at radius 2 is 1.91 bits per heavy atom. The first kappa shape index (κ1) is 20.4. The molecule has 1 aliphatic heterocycles. The smallest absolute Gasteiger partial charge is 0.257 e. The van der Waals surface area contributed by atoms with Gasteiger partial charge in [-0.2, -0.15) is 10.1 Å². The lowest BCUT2D eigenvalue weighted by Gasteiger charge is -2.28. The van der Waals surface area contributed by atoms with E-state index in [1.807, 2.05) is 67.6 Å². The number of fused-ring (bicyclic) bond motifs is 1. The topological polar surface area (TPSA) is 94.0 Å². The first-order valence-electron chi connectivity index (χ1n) is 10.6. The predicted octanol–water partition coefficient (Wildman–Crippen LogP) is 4.18. The average molecular weight is 438 g/mol. The van der Waals surface area contributed by atoms with Crippen LogP contribution in [0.5, 0.6) is 5.75 Å². The van der Waals surface area contributed by atoms with Crippen molar-refractivity contribution < 1.29 is 9.53 Å². The quantitative estimate of drug-likeness (QED) is 0.469. The summed E-state index contributed by atoms with van der Waals surface area (Å²) in [5, 5.41) is 10.4. The lowest BCUT2D eigenvalue weighted by atomic mass is 9.95. The number of amides is 1. The van der Waals surface area contributed by atoms with Crippen molar-refractivity contribution in [1.82, 2.24) is 19.7 Å². The lowest BCUT2D eigenvalue weighted by Crippen LogP contribution is -2.31. The molecular formula is C25H22N6O2. The van der Waals surface area contributed by atoms with E-state index in [9.17, 15) is 4.79 Å². The van der Waals surface area contributed by atoms with Crippen LogP contribution in [0.15, 0.2) is 96.6 Å². The van der Waals surface area contributed by atoms with Crippen molar-refractivity contribution >= 4 is 17.7 Å². The molecule has 1 atom stereocenters. The van der Waals surface area contributed by atoms with Gasteiger partial charge in [-0.15, -0.1) is 0 Å². The van der Waals surface area contributed by atoms with Crippen LogP contribution in [0.4, 0.5) is 11.8 Å². The lowest BCUT2D eigenvalue weighted by molar-refractivity contribution is -0.113. The number of nitrogens with one attached hydrogen (secondary N) is 2. The summed E-state index contributed by atoms with van der Waals surface area (Å²) in [6.45, 7) is 2.31. The zero-order chi connectivity index (χ0) is 22.6. The number of aromatic nitrogens is 4. The summed E-state index contributed by atoms with van der Waals surface area (Å²) in [4.78, 5) is 21.8. The fourth-order valence-corrected chi connectivity index (χ4v) is 3.83. The molecule has 8 nitrogen and oxygen atoms in total. The number of ether oxygens (including phenoxy) is 1. The van der Waals surface area contributed by atoms with Crippen LogP contribution in [0, 0.1) is 0 Å². The number of carbonyl (C=O) groups excluding carboxylic acids is 1. The Balaban J connectivity index is 1.47. The van der Waals surface area contributed by atoms with E-state index in [2.05, 4.69) is 25.7 Å². The fourth-order valence-electron chi connectivity index (χ4n) is 3.83. The van der Waals surface area contributed by atoms with Gasteiger partial charge in [-0.05, 0) is 42.3 Å². The van der Waals surface area contributed by atoms with Crippen LogP contribution in [0.1, 0.15) is 24.1 Å². The Morgan fingerprint density at radius 1 is 1.06 bits per heavy atom. The molecule has 0 radical (unpaired) electrons. The van der Waals surface area contributed by atoms with E-state index in [4.69, 9.17) is 4.74 Å². The minimum absolute atomic E-state index is 0.263. The molecule has 33 heavy (non-hydrogen) atoms. The van der Waals surface area contributed by atoms with E-state index in [-0.39, 0.29) is 5.91 Å². The van der Waals surface area contributed by atoms with Crippen molar-refractivity contribution in [1.29, 1.82) is 0 Å². The van der Waals surface area contributed by atoms with Crippen molar-refractivity contribution in [2.75, 3.05) is 10.6 Å². The van der Waals surface area contributed by atoms with Gasteiger partial charge in [-0.3, -0.25) is 4.79 Å². The SMILES string of the molecule is CC1=C(C(=O)Nc2ccccn2)C(c2cccc(OCc3ccccc3)c2)n2ncnc2N1. The molecular weight excluding hydrogens is 416 g/mol. The van der Waals surface area contributed by atoms with Crippen molar-refractivity contribution in [3.05, 3.63) is 108 Å². The summed E-state index contributed by atoms with van der Waals surface area (Å²) in [6, 6.07) is 22.6. The summed E-state index contributed by atoms with van der Waals surface area (Å²) >= 11 is 0. The Bertz CT molecular complexity index is 1300. The number of nitrogens with zero attached hydrogens (tertiary/aromatic N) is 4. The first-order chi connectivity index (χ1) is 16.2. The van der Waals surface area contributed by atoms with Crippen LogP contribution in [-0.2, 0) is 11.4 Å². The molecule has 1 unspecified atom stereocenters.